The van der Waals surface area contributed by atoms with E-state index in [9.17, 15) is 14.7 Å². The van der Waals surface area contributed by atoms with Crippen LogP contribution >= 0.6 is 0 Å². The monoisotopic (exact) mass is 403 g/mol. The predicted octanol–water partition coefficient (Wildman–Crippen LogP) is 2.46. The molecule has 6 heteroatoms. The van der Waals surface area contributed by atoms with Gasteiger partial charge in [0.15, 0.2) is 0 Å². The highest BCUT2D eigenvalue weighted by Gasteiger charge is 2.54. The first kappa shape index (κ1) is 19.0. The number of rotatable bonds is 4. The van der Waals surface area contributed by atoms with Crippen LogP contribution in [0.3, 0.4) is 0 Å². The molecule has 5 rings (SSSR count). The largest absolute Gasteiger partial charge is 0.394 e. The Morgan fingerprint density at radius 1 is 1.17 bits per heavy atom. The topological polar surface area (TPSA) is 73.7 Å². The van der Waals surface area contributed by atoms with Crippen molar-refractivity contribution in [3.8, 4) is 0 Å². The van der Waals surface area contributed by atoms with Gasteiger partial charge in [-0.1, -0.05) is 36.4 Å². The molecule has 2 amide bonds. The summed E-state index contributed by atoms with van der Waals surface area (Å²) in [5.41, 5.74) is 4.11. The molecule has 154 valence electrons. The van der Waals surface area contributed by atoms with Gasteiger partial charge in [0.05, 0.1) is 18.7 Å². The molecular weight excluding hydrogens is 378 g/mol. The molecule has 0 saturated carbocycles. The average Bonchev–Trinajstić information content (AvgIpc) is 3.30. The zero-order valence-corrected chi connectivity index (χ0v) is 16.8. The van der Waals surface area contributed by atoms with E-state index in [4.69, 9.17) is 0 Å². The highest BCUT2D eigenvalue weighted by atomic mass is 16.3. The lowest BCUT2D eigenvalue weighted by atomic mass is 9.73. The van der Waals surface area contributed by atoms with Crippen LogP contribution in [0.25, 0.3) is 5.57 Å². The summed E-state index contributed by atoms with van der Waals surface area (Å²) >= 11 is 0. The van der Waals surface area contributed by atoms with E-state index in [0.717, 1.165) is 18.4 Å². The molecule has 0 radical (unpaired) electrons. The first-order chi connectivity index (χ1) is 14.7. The summed E-state index contributed by atoms with van der Waals surface area (Å²) in [6, 6.07) is 13.4. The van der Waals surface area contributed by atoms with Crippen LogP contribution in [0.15, 0.2) is 54.7 Å². The van der Waals surface area contributed by atoms with Crippen LogP contribution in [-0.4, -0.2) is 63.5 Å². The summed E-state index contributed by atoms with van der Waals surface area (Å²) in [4.78, 5) is 33.1. The molecule has 1 aromatic heterocycles. The molecule has 1 aromatic carbocycles. The van der Waals surface area contributed by atoms with Crippen molar-refractivity contribution in [2.24, 2.45) is 0 Å². The molecule has 3 heterocycles. The lowest BCUT2D eigenvalue weighted by Gasteiger charge is -2.58. The summed E-state index contributed by atoms with van der Waals surface area (Å²) in [6.45, 7) is 0.408. The minimum atomic E-state index is -0.230. The SMILES string of the molecule is O=C(c1ccccn1)N1CC(=O)N2[C@H](CO)[C@H](c3ccc(C4=CCCC4)cc3)[C@@H]2C1. The smallest absolute Gasteiger partial charge is 0.272 e. The minimum absolute atomic E-state index is 0.0184. The number of benzene rings is 1. The lowest BCUT2D eigenvalue weighted by molar-refractivity contribution is -0.159. The van der Waals surface area contributed by atoms with E-state index in [1.807, 2.05) is 0 Å². The van der Waals surface area contributed by atoms with Crippen LogP contribution in [0.4, 0.5) is 0 Å². The van der Waals surface area contributed by atoms with Gasteiger partial charge in [-0.05, 0) is 48.1 Å². The molecule has 0 unspecified atom stereocenters. The number of aliphatic hydroxyl groups excluding tert-OH is 1. The summed E-state index contributed by atoms with van der Waals surface area (Å²) in [5, 5.41) is 9.96. The Kier molecular flexibility index (Phi) is 4.87. The van der Waals surface area contributed by atoms with Crippen molar-refractivity contribution in [2.45, 2.75) is 37.3 Å². The Morgan fingerprint density at radius 2 is 2.00 bits per heavy atom. The highest BCUT2D eigenvalue weighted by Crippen LogP contribution is 2.43. The number of aromatic nitrogens is 1. The van der Waals surface area contributed by atoms with Gasteiger partial charge in [-0.2, -0.15) is 0 Å². The van der Waals surface area contributed by atoms with Crippen LogP contribution in [0, 0.1) is 0 Å². The Morgan fingerprint density at radius 3 is 2.67 bits per heavy atom. The first-order valence-corrected chi connectivity index (χ1v) is 10.6. The fourth-order valence-electron chi connectivity index (χ4n) is 5.16. The maximum Gasteiger partial charge on any atom is 0.272 e. The Labute approximate surface area is 175 Å². The van der Waals surface area contributed by atoms with Gasteiger partial charge in [-0.25, -0.2) is 0 Å². The molecule has 3 aliphatic rings. The minimum Gasteiger partial charge on any atom is -0.394 e. The number of hydrogen-bond acceptors (Lipinski definition) is 4. The van der Waals surface area contributed by atoms with E-state index in [0.29, 0.717) is 12.2 Å². The summed E-state index contributed by atoms with van der Waals surface area (Å²) in [6.07, 6.45) is 7.37. The van der Waals surface area contributed by atoms with E-state index in [2.05, 4.69) is 35.3 Å². The fraction of sp³-hybridized carbons (Fsp3) is 0.375. The first-order valence-electron chi connectivity index (χ1n) is 10.6. The second-order valence-electron chi connectivity index (χ2n) is 8.29. The third kappa shape index (κ3) is 3.12. The molecule has 2 saturated heterocycles. The normalized spacial score (nSPS) is 25.6. The molecule has 0 spiro atoms. The second-order valence-corrected chi connectivity index (χ2v) is 8.29. The van der Waals surface area contributed by atoms with Gasteiger partial charge in [0.2, 0.25) is 5.91 Å². The van der Waals surface area contributed by atoms with E-state index < -0.39 is 0 Å². The van der Waals surface area contributed by atoms with Crippen molar-refractivity contribution < 1.29 is 14.7 Å². The van der Waals surface area contributed by atoms with E-state index in [-0.39, 0.29) is 43.0 Å². The number of allylic oxidation sites excluding steroid dienone is 2. The third-order valence-corrected chi connectivity index (χ3v) is 6.63. The van der Waals surface area contributed by atoms with Crippen LogP contribution in [0.2, 0.25) is 0 Å². The molecule has 0 bridgehead atoms. The van der Waals surface area contributed by atoms with Gasteiger partial charge in [-0.3, -0.25) is 14.6 Å². The molecule has 2 aromatic rings. The maximum absolute atomic E-state index is 12.8. The van der Waals surface area contributed by atoms with Crippen LogP contribution in [0.5, 0.6) is 0 Å². The van der Waals surface area contributed by atoms with E-state index in [1.165, 1.54) is 17.6 Å². The van der Waals surface area contributed by atoms with Gasteiger partial charge in [-0.15, -0.1) is 0 Å². The van der Waals surface area contributed by atoms with Crippen molar-refractivity contribution in [2.75, 3.05) is 19.7 Å². The standard InChI is InChI=1S/C24H25N3O3/c28-15-21-23(18-10-8-17(9-11-18)16-5-1-2-6-16)20-13-26(14-22(29)27(20)21)24(30)19-7-3-4-12-25-19/h3-5,7-12,20-21,23,28H,1-2,6,13-15H2/t20-,21+,23+/m0/s1. The number of aliphatic hydroxyl groups is 1. The molecule has 3 atom stereocenters. The number of carbonyl (C=O) groups excluding carboxylic acids is 2. The number of fused-ring (bicyclic) bond motifs is 1. The Hall–Kier alpha value is -2.99. The molecule has 2 fully saturated rings. The van der Waals surface area contributed by atoms with Crippen LogP contribution < -0.4 is 0 Å². The fourth-order valence-corrected chi connectivity index (χ4v) is 5.16. The van der Waals surface area contributed by atoms with Crippen LogP contribution in [-0.2, 0) is 4.79 Å². The van der Waals surface area contributed by atoms with Crippen molar-refractivity contribution in [3.63, 3.8) is 0 Å². The number of pyridine rings is 1. The van der Waals surface area contributed by atoms with Crippen molar-refractivity contribution in [1.82, 2.24) is 14.8 Å². The molecule has 6 nitrogen and oxygen atoms in total. The average molecular weight is 403 g/mol. The number of hydrogen-bond donors (Lipinski definition) is 1. The summed E-state index contributed by atoms with van der Waals surface area (Å²) < 4.78 is 0. The maximum atomic E-state index is 12.8. The number of nitrogens with zero attached hydrogens (tertiary/aromatic N) is 3. The molecule has 30 heavy (non-hydrogen) atoms. The highest BCUT2D eigenvalue weighted by molar-refractivity contribution is 5.96. The van der Waals surface area contributed by atoms with Gasteiger partial charge < -0.3 is 14.9 Å². The molecular formula is C24H25N3O3. The van der Waals surface area contributed by atoms with E-state index >= 15 is 0 Å². The van der Waals surface area contributed by atoms with Crippen molar-refractivity contribution >= 4 is 17.4 Å². The molecule has 2 aliphatic heterocycles. The van der Waals surface area contributed by atoms with Crippen LogP contribution in [0.1, 0.15) is 46.8 Å². The van der Waals surface area contributed by atoms with Gasteiger partial charge in [0.25, 0.3) is 5.91 Å². The molecule has 1 N–H and O–H groups in total. The third-order valence-electron chi connectivity index (χ3n) is 6.63. The molecule has 1 aliphatic carbocycles. The predicted molar refractivity (Wildman–Crippen MR) is 113 cm³/mol. The number of piperazine rings is 1. The van der Waals surface area contributed by atoms with Gasteiger partial charge in [0.1, 0.15) is 12.2 Å². The number of amides is 2. The second kappa shape index (κ2) is 7.69. The van der Waals surface area contributed by atoms with Gasteiger partial charge >= 0.3 is 0 Å². The van der Waals surface area contributed by atoms with Crippen molar-refractivity contribution in [1.29, 1.82) is 0 Å². The summed E-state index contributed by atoms with van der Waals surface area (Å²) in [5.74, 6) is -0.318. The van der Waals surface area contributed by atoms with E-state index in [1.54, 1.807) is 34.2 Å². The number of carbonyl (C=O) groups is 2. The zero-order chi connectivity index (χ0) is 20.7. The lowest BCUT2D eigenvalue weighted by Crippen LogP contribution is -2.73. The summed E-state index contributed by atoms with van der Waals surface area (Å²) in [7, 11) is 0. The zero-order valence-electron chi connectivity index (χ0n) is 16.8. The Balaban J connectivity index is 1.38. The van der Waals surface area contributed by atoms with Gasteiger partial charge in [0, 0.05) is 18.7 Å². The Bertz CT molecular complexity index is 987. The quantitative estimate of drug-likeness (QED) is 0.851. The van der Waals surface area contributed by atoms with Crippen molar-refractivity contribution in [3.05, 3.63) is 71.6 Å².